The Kier molecular flexibility index (Phi) is 11.9. The number of nitrogens with one attached hydrogen (secondary N) is 2. The molecule has 3 aromatic rings. The minimum atomic E-state index is -0.724. The van der Waals surface area contributed by atoms with Crippen molar-refractivity contribution >= 4 is 46.5 Å². The van der Waals surface area contributed by atoms with Crippen LogP contribution in [0.15, 0.2) is 78.2 Å². The molecule has 0 bridgehead atoms. The van der Waals surface area contributed by atoms with Crippen molar-refractivity contribution in [3.05, 3.63) is 98.6 Å². The van der Waals surface area contributed by atoms with Crippen LogP contribution in [0.2, 0.25) is 0 Å². The Labute approximate surface area is 277 Å². The summed E-state index contributed by atoms with van der Waals surface area (Å²) in [6, 6.07) is 15.3. The summed E-state index contributed by atoms with van der Waals surface area (Å²) in [6.07, 6.45) is 2.55. The summed E-state index contributed by atoms with van der Waals surface area (Å²) < 4.78 is 12.9. The second kappa shape index (κ2) is 15.2. The molecule has 0 aliphatic carbocycles. The van der Waals surface area contributed by atoms with E-state index < -0.39 is 35.1 Å². The number of ether oxygens (including phenoxy) is 2. The zero-order valence-corrected chi connectivity index (χ0v) is 28.6. The number of alkyl carbamates (subject to hydrolysis) is 1. The topological polar surface area (TPSA) is 132 Å². The van der Waals surface area contributed by atoms with Gasteiger partial charge < -0.3 is 20.1 Å². The Hall–Kier alpha value is -4.20. The van der Waals surface area contributed by atoms with Crippen molar-refractivity contribution in [3.8, 4) is 5.69 Å². The van der Waals surface area contributed by atoms with Gasteiger partial charge in [0.2, 0.25) is 0 Å². The van der Waals surface area contributed by atoms with E-state index >= 15 is 0 Å². The summed E-state index contributed by atoms with van der Waals surface area (Å²) >= 11 is 2.02. The highest BCUT2D eigenvalue weighted by atomic mass is 127. The van der Waals surface area contributed by atoms with Gasteiger partial charge in [0.1, 0.15) is 11.2 Å². The number of nitrogens with zero attached hydrogens (tertiary/aromatic N) is 3. The fraction of sp³-hybridized carbons (Fsp3) is 0.364. The molecule has 0 saturated carbocycles. The molecule has 1 aromatic heterocycles. The van der Waals surface area contributed by atoms with Crippen molar-refractivity contribution in [2.24, 2.45) is 0 Å². The molecular weight excluding hydrogens is 689 g/mol. The SMILES string of the molecule is C=C[C@@H](CCNC(=O)OC(C)(C)C)N(Cc1ccc(-n2cc(I)c(NC(=O)c3ccccc3)nc2=O)cc1)C(=O)OC(C)(C)C. The first-order chi connectivity index (χ1) is 21.1. The predicted molar refractivity (Wildman–Crippen MR) is 182 cm³/mol. The minimum Gasteiger partial charge on any atom is -0.444 e. The molecule has 45 heavy (non-hydrogen) atoms. The zero-order chi connectivity index (χ0) is 33.4. The summed E-state index contributed by atoms with van der Waals surface area (Å²) in [5, 5.41) is 5.41. The average Bonchev–Trinajstić information content (AvgIpc) is 2.95. The van der Waals surface area contributed by atoms with Crippen molar-refractivity contribution in [3.63, 3.8) is 0 Å². The molecule has 1 heterocycles. The highest BCUT2D eigenvalue weighted by Crippen LogP contribution is 2.20. The number of halogens is 1. The van der Waals surface area contributed by atoms with Gasteiger partial charge >= 0.3 is 17.9 Å². The molecule has 0 aliphatic rings. The maximum Gasteiger partial charge on any atom is 0.411 e. The highest BCUT2D eigenvalue weighted by Gasteiger charge is 2.27. The van der Waals surface area contributed by atoms with Crippen LogP contribution in [0.1, 0.15) is 63.9 Å². The standard InChI is InChI=1S/C33H40IN5O6/c1-8-24(18-19-35-30(42)44-32(2,3)4)39(31(43)45-33(5,6)7)20-22-14-16-25(17-15-22)38-21-26(34)27(37-29(38)41)36-28(40)23-12-10-9-11-13-23/h8-17,21,24H,1,18-20H2,2-7H3,(H,35,42)(H,36,37,40,41)/t24-/m0/s1. The quantitative estimate of drug-likeness (QED) is 0.185. The number of aromatic nitrogens is 2. The average molecular weight is 730 g/mol. The molecule has 11 nitrogen and oxygen atoms in total. The number of hydrogen-bond acceptors (Lipinski definition) is 7. The Bertz CT molecular complexity index is 1560. The molecule has 0 radical (unpaired) electrons. The van der Waals surface area contributed by atoms with Gasteiger partial charge in [0, 0.05) is 24.8 Å². The van der Waals surface area contributed by atoms with Gasteiger partial charge in [0.05, 0.1) is 15.3 Å². The Balaban J connectivity index is 1.77. The zero-order valence-electron chi connectivity index (χ0n) is 26.4. The first-order valence-electron chi connectivity index (χ1n) is 14.4. The van der Waals surface area contributed by atoms with Crippen LogP contribution in [0.3, 0.4) is 0 Å². The summed E-state index contributed by atoms with van der Waals surface area (Å²) in [7, 11) is 0. The van der Waals surface area contributed by atoms with E-state index in [1.807, 2.05) is 28.7 Å². The summed E-state index contributed by atoms with van der Waals surface area (Å²) in [5.41, 5.74) is -0.132. The van der Waals surface area contributed by atoms with Crippen molar-refractivity contribution in [2.45, 2.75) is 71.8 Å². The van der Waals surface area contributed by atoms with Crippen LogP contribution in [-0.2, 0) is 16.0 Å². The summed E-state index contributed by atoms with van der Waals surface area (Å²) in [5.74, 6) is -0.192. The molecular formula is C33H40IN5O6. The van der Waals surface area contributed by atoms with Crippen LogP contribution in [0, 0.1) is 3.57 Å². The van der Waals surface area contributed by atoms with Gasteiger partial charge in [0.15, 0.2) is 5.82 Å². The molecule has 3 amide bonds. The fourth-order valence-corrected chi connectivity index (χ4v) is 4.64. The van der Waals surface area contributed by atoms with Crippen LogP contribution in [-0.4, -0.2) is 56.3 Å². The molecule has 0 aliphatic heterocycles. The fourth-order valence-electron chi connectivity index (χ4n) is 4.11. The maximum atomic E-state index is 13.3. The highest BCUT2D eigenvalue weighted by molar-refractivity contribution is 14.1. The Morgan fingerprint density at radius 2 is 1.62 bits per heavy atom. The first kappa shape index (κ1) is 35.3. The maximum absolute atomic E-state index is 13.3. The number of anilines is 1. The van der Waals surface area contributed by atoms with Gasteiger partial charge in [-0.05, 0) is 100 Å². The number of carbonyl (C=O) groups is 3. The van der Waals surface area contributed by atoms with Gasteiger partial charge in [-0.2, -0.15) is 4.98 Å². The smallest absolute Gasteiger partial charge is 0.411 e. The van der Waals surface area contributed by atoms with E-state index in [-0.39, 0.29) is 24.8 Å². The Morgan fingerprint density at radius 3 is 2.20 bits per heavy atom. The second-order valence-electron chi connectivity index (χ2n) is 12.2. The van der Waals surface area contributed by atoms with Crippen LogP contribution in [0.25, 0.3) is 5.69 Å². The van der Waals surface area contributed by atoms with Crippen LogP contribution >= 0.6 is 22.6 Å². The van der Waals surface area contributed by atoms with E-state index in [1.54, 1.807) is 107 Å². The molecule has 0 fully saturated rings. The molecule has 0 saturated heterocycles. The van der Waals surface area contributed by atoms with E-state index in [0.29, 0.717) is 21.2 Å². The lowest BCUT2D eigenvalue weighted by Gasteiger charge is -2.32. The van der Waals surface area contributed by atoms with Gasteiger partial charge in [-0.25, -0.2) is 14.4 Å². The number of rotatable bonds is 10. The van der Waals surface area contributed by atoms with Crippen LogP contribution < -0.4 is 16.3 Å². The largest absolute Gasteiger partial charge is 0.444 e. The van der Waals surface area contributed by atoms with Crippen molar-refractivity contribution in [1.82, 2.24) is 19.8 Å². The van der Waals surface area contributed by atoms with Crippen LogP contribution in [0.5, 0.6) is 0 Å². The third-order valence-corrected chi connectivity index (χ3v) is 6.92. The molecule has 240 valence electrons. The third kappa shape index (κ3) is 11.0. The predicted octanol–water partition coefficient (Wildman–Crippen LogP) is 6.30. The van der Waals surface area contributed by atoms with Crippen molar-refractivity contribution in [1.29, 1.82) is 0 Å². The van der Waals surface area contributed by atoms with Gasteiger partial charge in [-0.3, -0.25) is 14.3 Å². The summed E-state index contributed by atoms with van der Waals surface area (Å²) in [6.45, 7) is 15.1. The van der Waals surface area contributed by atoms with Gasteiger partial charge in [-0.15, -0.1) is 6.58 Å². The lowest BCUT2D eigenvalue weighted by Crippen LogP contribution is -2.43. The molecule has 3 rings (SSSR count). The number of benzene rings is 2. The van der Waals surface area contributed by atoms with Gasteiger partial charge in [0.25, 0.3) is 5.91 Å². The molecule has 2 N–H and O–H groups in total. The lowest BCUT2D eigenvalue weighted by atomic mass is 10.1. The number of hydrogen-bond donors (Lipinski definition) is 2. The Morgan fingerprint density at radius 1 is 1.00 bits per heavy atom. The molecule has 1 atom stereocenters. The van der Waals surface area contributed by atoms with Gasteiger partial charge in [-0.1, -0.05) is 36.4 Å². The third-order valence-electron chi connectivity index (χ3n) is 6.13. The molecule has 0 unspecified atom stereocenters. The van der Waals surface area contributed by atoms with E-state index in [1.165, 1.54) is 4.57 Å². The van der Waals surface area contributed by atoms with E-state index in [4.69, 9.17) is 9.47 Å². The summed E-state index contributed by atoms with van der Waals surface area (Å²) in [4.78, 5) is 56.5. The molecule has 0 spiro atoms. The van der Waals surface area contributed by atoms with Crippen molar-refractivity contribution < 1.29 is 23.9 Å². The number of amides is 3. The van der Waals surface area contributed by atoms with E-state index in [9.17, 15) is 19.2 Å². The normalized spacial score (nSPS) is 12.1. The van der Waals surface area contributed by atoms with Crippen LogP contribution in [0.4, 0.5) is 15.4 Å². The second-order valence-corrected chi connectivity index (χ2v) is 13.4. The van der Waals surface area contributed by atoms with E-state index in [2.05, 4.69) is 22.2 Å². The molecule has 2 aromatic carbocycles. The van der Waals surface area contributed by atoms with E-state index in [0.717, 1.165) is 5.56 Å². The lowest BCUT2D eigenvalue weighted by molar-refractivity contribution is 0.0173. The monoisotopic (exact) mass is 729 g/mol. The molecule has 12 heteroatoms. The first-order valence-corrected chi connectivity index (χ1v) is 15.5. The number of carbonyl (C=O) groups excluding carboxylic acids is 3. The van der Waals surface area contributed by atoms with Crippen molar-refractivity contribution in [2.75, 3.05) is 11.9 Å². The minimum absolute atomic E-state index is 0.173.